The van der Waals surface area contributed by atoms with E-state index in [1.165, 1.54) is 11.3 Å². The number of sulfonamides is 1. The van der Waals surface area contributed by atoms with Gasteiger partial charge in [-0.05, 0) is 43.4 Å². The number of hydrogen-bond donors (Lipinski definition) is 2. The van der Waals surface area contributed by atoms with Crippen LogP contribution in [0.5, 0.6) is 0 Å². The van der Waals surface area contributed by atoms with Gasteiger partial charge in [-0.1, -0.05) is 27.7 Å². The molecule has 21 heavy (non-hydrogen) atoms. The van der Waals surface area contributed by atoms with Crippen LogP contribution in [0.4, 0.5) is 0 Å². The predicted molar refractivity (Wildman–Crippen MR) is 90.2 cm³/mol. The van der Waals surface area contributed by atoms with Crippen LogP contribution in [0.15, 0.2) is 10.3 Å². The molecule has 6 heteroatoms. The molecule has 0 radical (unpaired) electrons. The Kier molecular flexibility index (Phi) is 7.33. The minimum absolute atomic E-state index is 0.325. The van der Waals surface area contributed by atoms with Gasteiger partial charge in [-0.2, -0.15) is 0 Å². The molecule has 0 amide bonds. The molecule has 0 spiro atoms. The first-order valence-electron chi connectivity index (χ1n) is 7.57. The van der Waals surface area contributed by atoms with Gasteiger partial charge in [0.25, 0.3) is 0 Å². The molecule has 0 fully saturated rings. The lowest BCUT2D eigenvalue weighted by molar-refractivity contribution is 0.415. The van der Waals surface area contributed by atoms with Crippen LogP contribution in [-0.2, 0) is 16.6 Å². The predicted octanol–water partition coefficient (Wildman–Crippen LogP) is 3.13. The second-order valence-electron chi connectivity index (χ2n) is 5.92. The Bertz CT molecular complexity index is 536. The molecular weight excluding hydrogens is 304 g/mol. The second-order valence-corrected chi connectivity index (χ2v) is 9.05. The summed E-state index contributed by atoms with van der Waals surface area (Å²) >= 11 is 1.36. The highest BCUT2D eigenvalue weighted by molar-refractivity contribution is 7.91. The SMILES string of the molecule is CCCNCc1sc(S(=O)(=O)NCC(C)C(C)C)cc1C. The maximum Gasteiger partial charge on any atom is 0.250 e. The van der Waals surface area contributed by atoms with Crippen molar-refractivity contribution in [3.05, 3.63) is 16.5 Å². The second kappa shape index (κ2) is 8.27. The molecule has 1 rings (SSSR count). The fraction of sp³-hybridized carbons (Fsp3) is 0.733. The van der Waals surface area contributed by atoms with Crippen molar-refractivity contribution < 1.29 is 8.42 Å². The van der Waals surface area contributed by atoms with Crippen LogP contribution in [0.2, 0.25) is 0 Å². The first kappa shape index (κ1) is 18.6. The molecule has 0 saturated carbocycles. The highest BCUT2D eigenvalue weighted by Gasteiger charge is 2.20. The zero-order chi connectivity index (χ0) is 16.0. The zero-order valence-electron chi connectivity index (χ0n) is 13.7. The first-order valence-corrected chi connectivity index (χ1v) is 9.87. The van der Waals surface area contributed by atoms with E-state index in [1.807, 2.05) is 6.92 Å². The summed E-state index contributed by atoms with van der Waals surface area (Å²) in [5, 5.41) is 3.32. The van der Waals surface area contributed by atoms with Crippen LogP contribution in [-0.4, -0.2) is 21.5 Å². The van der Waals surface area contributed by atoms with Gasteiger partial charge >= 0.3 is 0 Å². The quantitative estimate of drug-likeness (QED) is 0.683. The summed E-state index contributed by atoms with van der Waals surface area (Å²) in [4.78, 5) is 1.10. The van der Waals surface area contributed by atoms with Crippen molar-refractivity contribution in [2.75, 3.05) is 13.1 Å². The Balaban J connectivity index is 2.73. The van der Waals surface area contributed by atoms with Gasteiger partial charge in [-0.15, -0.1) is 11.3 Å². The highest BCUT2D eigenvalue weighted by atomic mass is 32.2. The maximum atomic E-state index is 12.3. The Hall–Kier alpha value is -0.430. The first-order chi connectivity index (χ1) is 9.77. The topological polar surface area (TPSA) is 58.2 Å². The van der Waals surface area contributed by atoms with Crippen LogP contribution in [0.3, 0.4) is 0 Å². The molecule has 4 nitrogen and oxygen atoms in total. The van der Waals surface area contributed by atoms with Gasteiger partial charge in [0.15, 0.2) is 0 Å². The molecule has 2 N–H and O–H groups in total. The molecule has 1 aromatic rings. The minimum atomic E-state index is -3.38. The van der Waals surface area contributed by atoms with E-state index in [4.69, 9.17) is 0 Å². The molecule has 0 aliphatic carbocycles. The lowest BCUT2D eigenvalue weighted by Gasteiger charge is -2.15. The molecule has 0 aromatic carbocycles. The van der Waals surface area contributed by atoms with E-state index in [-0.39, 0.29) is 0 Å². The molecule has 1 heterocycles. The van der Waals surface area contributed by atoms with E-state index in [9.17, 15) is 8.42 Å². The van der Waals surface area contributed by atoms with Crippen molar-refractivity contribution in [1.29, 1.82) is 0 Å². The highest BCUT2D eigenvalue weighted by Crippen LogP contribution is 2.26. The molecule has 122 valence electrons. The average molecular weight is 333 g/mol. The number of aryl methyl sites for hydroxylation is 1. The van der Waals surface area contributed by atoms with Crippen molar-refractivity contribution in [2.24, 2.45) is 11.8 Å². The van der Waals surface area contributed by atoms with Gasteiger partial charge in [0.1, 0.15) is 4.21 Å². The Labute approximate surface area is 133 Å². The summed E-state index contributed by atoms with van der Waals surface area (Å²) in [7, 11) is -3.38. The third-order valence-electron chi connectivity index (χ3n) is 3.71. The zero-order valence-corrected chi connectivity index (χ0v) is 15.3. The molecule has 1 atom stereocenters. The normalized spacial score (nSPS) is 13.8. The third-order valence-corrected chi connectivity index (χ3v) is 6.84. The summed E-state index contributed by atoms with van der Waals surface area (Å²) in [6, 6.07) is 1.77. The van der Waals surface area contributed by atoms with E-state index in [0.717, 1.165) is 30.0 Å². The maximum absolute atomic E-state index is 12.3. The summed E-state index contributed by atoms with van der Waals surface area (Å²) in [5.74, 6) is 0.790. The van der Waals surface area contributed by atoms with E-state index in [2.05, 4.69) is 37.7 Å². The van der Waals surface area contributed by atoms with Crippen LogP contribution in [0.25, 0.3) is 0 Å². The fourth-order valence-electron chi connectivity index (χ4n) is 1.72. The van der Waals surface area contributed by atoms with Crippen molar-refractivity contribution in [2.45, 2.75) is 51.8 Å². The van der Waals surface area contributed by atoms with E-state index in [1.54, 1.807) is 6.07 Å². The van der Waals surface area contributed by atoms with Gasteiger partial charge in [0.05, 0.1) is 0 Å². The smallest absolute Gasteiger partial charge is 0.250 e. The summed E-state index contributed by atoms with van der Waals surface area (Å²) < 4.78 is 27.8. The Morgan fingerprint density at radius 2 is 1.95 bits per heavy atom. The monoisotopic (exact) mass is 332 g/mol. The van der Waals surface area contributed by atoms with Crippen LogP contribution >= 0.6 is 11.3 Å². The Morgan fingerprint density at radius 1 is 1.29 bits per heavy atom. The van der Waals surface area contributed by atoms with Gasteiger partial charge in [0.2, 0.25) is 10.0 Å². The lowest BCUT2D eigenvalue weighted by atomic mass is 9.99. The lowest BCUT2D eigenvalue weighted by Crippen LogP contribution is -2.29. The average Bonchev–Trinajstić information content (AvgIpc) is 2.79. The third kappa shape index (κ3) is 5.70. The van der Waals surface area contributed by atoms with E-state index >= 15 is 0 Å². The molecule has 1 unspecified atom stereocenters. The molecule has 0 bridgehead atoms. The van der Waals surface area contributed by atoms with Crippen LogP contribution in [0, 0.1) is 18.8 Å². The molecule has 1 aromatic heterocycles. The van der Waals surface area contributed by atoms with Crippen molar-refractivity contribution in [3.63, 3.8) is 0 Å². The molecule has 0 aliphatic heterocycles. The van der Waals surface area contributed by atoms with Crippen molar-refractivity contribution >= 4 is 21.4 Å². The molecule has 0 aliphatic rings. The van der Waals surface area contributed by atoms with Crippen LogP contribution in [0.1, 0.15) is 44.6 Å². The van der Waals surface area contributed by atoms with Gasteiger partial charge in [-0.25, -0.2) is 13.1 Å². The van der Waals surface area contributed by atoms with Crippen LogP contribution < -0.4 is 10.0 Å². The van der Waals surface area contributed by atoms with Crippen molar-refractivity contribution in [1.82, 2.24) is 10.0 Å². The van der Waals surface area contributed by atoms with Gasteiger partial charge < -0.3 is 5.32 Å². The van der Waals surface area contributed by atoms with Crippen molar-refractivity contribution in [3.8, 4) is 0 Å². The van der Waals surface area contributed by atoms with E-state index in [0.29, 0.717) is 22.6 Å². The van der Waals surface area contributed by atoms with Gasteiger partial charge in [-0.3, -0.25) is 0 Å². The number of thiophene rings is 1. The summed E-state index contributed by atoms with van der Waals surface area (Å²) in [5.41, 5.74) is 1.04. The number of hydrogen-bond acceptors (Lipinski definition) is 4. The van der Waals surface area contributed by atoms with E-state index < -0.39 is 10.0 Å². The number of rotatable bonds is 9. The Morgan fingerprint density at radius 3 is 2.52 bits per heavy atom. The minimum Gasteiger partial charge on any atom is -0.312 e. The molecule has 0 saturated heterocycles. The fourth-order valence-corrected chi connectivity index (χ4v) is 4.47. The number of nitrogens with one attached hydrogen (secondary N) is 2. The molecular formula is C15H28N2O2S2. The standard InChI is InChI=1S/C15H28N2O2S2/c1-6-7-16-10-14-12(4)8-15(20-14)21(18,19)17-9-13(5)11(2)3/h8,11,13,16-17H,6-7,9-10H2,1-5H3. The van der Waals surface area contributed by atoms with Gasteiger partial charge in [0, 0.05) is 18.0 Å². The summed E-state index contributed by atoms with van der Waals surface area (Å²) in [6.07, 6.45) is 1.07. The largest absolute Gasteiger partial charge is 0.312 e. The summed E-state index contributed by atoms with van der Waals surface area (Å²) in [6.45, 7) is 12.5.